The van der Waals surface area contributed by atoms with Gasteiger partial charge in [-0.25, -0.2) is 0 Å². The van der Waals surface area contributed by atoms with Crippen molar-refractivity contribution in [3.63, 3.8) is 0 Å². The fraction of sp³-hybridized carbons (Fsp3) is 0.0476. The predicted octanol–water partition coefficient (Wildman–Crippen LogP) is 4.85. The van der Waals surface area contributed by atoms with E-state index in [2.05, 4.69) is 10.6 Å². The quantitative estimate of drug-likeness (QED) is 0.664. The van der Waals surface area contributed by atoms with Crippen LogP contribution >= 0.6 is 11.6 Å². The number of hydrogen-bond donors (Lipinski definition) is 2. The molecule has 3 aromatic rings. The van der Waals surface area contributed by atoms with E-state index in [9.17, 15) is 9.59 Å². The highest BCUT2D eigenvalue weighted by atomic mass is 35.5. The van der Waals surface area contributed by atoms with E-state index in [4.69, 9.17) is 16.3 Å². The highest BCUT2D eigenvalue weighted by Gasteiger charge is 2.11. The molecule has 0 fully saturated rings. The van der Waals surface area contributed by atoms with E-state index in [1.807, 2.05) is 6.07 Å². The lowest BCUT2D eigenvalue weighted by atomic mass is 10.2. The number of hydrogen-bond acceptors (Lipinski definition) is 3. The summed E-state index contributed by atoms with van der Waals surface area (Å²) in [5.41, 5.74) is 1.93. The minimum Gasteiger partial charge on any atom is -0.497 e. The van der Waals surface area contributed by atoms with E-state index in [-0.39, 0.29) is 11.8 Å². The third-order valence-electron chi connectivity index (χ3n) is 3.86. The summed E-state index contributed by atoms with van der Waals surface area (Å²) in [6.45, 7) is 0. The monoisotopic (exact) mass is 380 g/mol. The van der Waals surface area contributed by atoms with Crippen LogP contribution in [0.2, 0.25) is 5.02 Å². The topological polar surface area (TPSA) is 67.4 Å². The van der Waals surface area contributed by atoms with Gasteiger partial charge in [0, 0.05) is 16.8 Å². The first-order valence-corrected chi connectivity index (χ1v) is 8.56. The van der Waals surface area contributed by atoms with Gasteiger partial charge in [0.1, 0.15) is 5.75 Å². The van der Waals surface area contributed by atoms with Crippen LogP contribution in [0, 0.1) is 0 Å². The maximum absolute atomic E-state index is 12.4. The summed E-state index contributed by atoms with van der Waals surface area (Å²) in [6.07, 6.45) is 0. The molecule has 0 aliphatic carbocycles. The van der Waals surface area contributed by atoms with Gasteiger partial charge in [-0.2, -0.15) is 0 Å². The number of rotatable bonds is 5. The Balaban J connectivity index is 1.74. The number of carbonyl (C=O) groups is 2. The number of nitrogens with one attached hydrogen (secondary N) is 2. The van der Waals surface area contributed by atoms with E-state index in [1.54, 1.807) is 73.8 Å². The van der Waals surface area contributed by atoms with Gasteiger partial charge in [0.2, 0.25) is 0 Å². The van der Waals surface area contributed by atoms with Gasteiger partial charge in [0.15, 0.2) is 0 Å². The Kier molecular flexibility index (Phi) is 5.74. The average molecular weight is 381 g/mol. The summed E-state index contributed by atoms with van der Waals surface area (Å²) in [5, 5.41) is 5.92. The molecule has 2 N–H and O–H groups in total. The number of methoxy groups -OCH3 is 1. The second kappa shape index (κ2) is 8.38. The Morgan fingerprint density at radius 3 is 2.11 bits per heavy atom. The predicted molar refractivity (Wildman–Crippen MR) is 107 cm³/mol. The van der Waals surface area contributed by atoms with Crippen molar-refractivity contribution in [1.29, 1.82) is 0 Å². The van der Waals surface area contributed by atoms with Crippen molar-refractivity contribution in [3.8, 4) is 5.75 Å². The van der Waals surface area contributed by atoms with Crippen LogP contribution in [0.1, 0.15) is 20.7 Å². The number of halogens is 1. The molecule has 0 unspecified atom stereocenters. The SMILES string of the molecule is COc1ccc(C(=O)Nc2ccc(Cl)c(NC(=O)c3ccccc3)c2)cc1. The fourth-order valence-corrected chi connectivity index (χ4v) is 2.59. The number of anilines is 2. The van der Waals surface area contributed by atoms with Crippen molar-refractivity contribution < 1.29 is 14.3 Å². The van der Waals surface area contributed by atoms with Gasteiger partial charge in [-0.05, 0) is 54.6 Å². The maximum Gasteiger partial charge on any atom is 0.255 e. The molecular weight excluding hydrogens is 364 g/mol. The van der Waals surface area contributed by atoms with Crippen molar-refractivity contribution in [3.05, 3.63) is 88.9 Å². The van der Waals surface area contributed by atoms with E-state index >= 15 is 0 Å². The molecule has 0 aliphatic heterocycles. The normalized spacial score (nSPS) is 10.1. The van der Waals surface area contributed by atoms with Crippen molar-refractivity contribution in [2.75, 3.05) is 17.7 Å². The molecule has 3 aromatic carbocycles. The summed E-state index contributed by atoms with van der Waals surface area (Å²) < 4.78 is 5.08. The maximum atomic E-state index is 12.4. The Bertz CT molecular complexity index is 957. The molecule has 0 aromatic heterocycles. The first-order chi connectivity index (χ1) is 13.1. The van der Waals surface area contributed by atoms with Crippen molar-refractivity contribution in [2.24, 2.45) is 0 Å². The Hall–Kier alpha value is -3.31. The largest absolute Gasteiger partial charge is 0.497 e. The van der Waals surface area contributed by atoms with Crippen molar-refractivity contribution in [1.82, 2.24) is 0 Å². The molecular formula is C21H17ClN2O3. The Morgan fingerprint density at radius 2 is 1.44 bits per heavy atom. The van der Waals surface area contributed by atoms with Crippen LogP contribution < -0.4 is 15.4 Å². The Labute approximate surface area is 161 Å². The summed E-state index contributed by atoms with van der Waals surface area (Å²) in [4.78, 5) is 24.7. The number of carbonyl (C=O) groups excluding carboxylic acids is 2. The molecule has 2 amide bonds. The van der Waals surface area contributed by atoms with Gasteiger partial charge in [-0.15, -0.1) is 0 Å². The standard InChI is InChI=1S/C21H17ClN2O3/c1-27-17-10-7-15(8-11-17)20(25)23-16-9-12-18(22)19(13-16)24-21(26)14-5-3-2-4-6-14/h2-13H,1H3,(H,23,25)(H,24,26). The molecule has 5 nitrogen and oxygen atoms in total. The molecule has 27 heavy (non-hydrogen) atoms. The highest BCUT2D eigenvalue weighted by Crippen LogP contribution is 2.26. The van der Waals surface area contributed by atoms with E-state index in [0.29, 0.717) is 33.3 Å². The third kappa shape index (κ3) is 4.65. The second-order valence-electron chi connectivity index (χ2n) is 5.70. The van der Waals surface area contributed by atoms with Gasteiger partial charge in [-0.1, -0.05) is 29.8 Å². The molecule has 0 radical (unpaired) electrons. The van der Waals surface area contributed by atoms with Crippen LogP contribution in [0.15, 0.2) is 72.8 Å². The molecule has 0 heterocycles. The van der Waals surface area contributed by atoms with Gasteiger partial charge < -0.3 is 15.4 Å². The molecule has 136 valence electrons. The van der Waals surface area contributed by atoms with Crippen LogP contribution in [0.25, 0.3) is 0 Å². The zero-order chi connectivity index (χ0) is 19.2. The van der Waals surface area contributed by atoms with Crippen LogP contribution in [-0.4, -0.2) is 18.9 Å². The van der Waals surface area contributed by atoms with Crippen molar-refractivity contribution in [2.45, 2.75) is 0 Å². The average Bonchev–Trinajstić information content (AvgIpc) is 2.71. The van der Waals surface area contributed by atoms with Gasteiger partial charge in [0.05, 0.1) is 17.8 Å². The molecule has 0 saturated carbocycles. The van der Waals surface area contributed by atoms with Crippen LogP contribution in [0.5, 0.6) is 5.75 Å². The molecule has 0 atom stereocenters. The highest BCUT2D eigenvalue weighted by molar-refractivity contribution is 6.34. The fourth-order valence-electron chi connectivity index (χ4n) is 2.43. The first kappa shape index (κ1) is 18.5. The minimum atomic E-state index is -0.281. The first-order valence-electron chi connectivity index (χ1n) is 8.18. The molecule has 6 heteroatoms. The number of ether oxygens (including phenoxy) is 1. The number of amides is 2. The molecule has 0 bridgehead atoms. The smallest absolute Gasteiger partial charge is 0.255 e. The Morgan fingerprint density at radius 1 is 0.815 bits per heavy atom. The lowest BCUT2D eigenvalue weighted by Crippen LogP contribution is -2.14. The molecule has 0 spiro atoms. The summed E-state index contributed by atoms with van der Waals surface area (Å²) in [5.74, 6) is 0.111. The van der Waals surface area contributed by atoms with E-state index in [1.165, 1.54) is 0 Å². The van der Waals surface area contributed by atoms with Crippen LogP contribution in [-0.2, 0) is 0 Å². The lowest BCUT2D eigenvalue weighted by Gasteiger charge is -2.11. The second-order valence-corrected chi connectivity index (χ2v) is 6.10. The van der Waals surface area contributed by atoms with Crippen LogP contribution in [0.3, 0.4) is 0 Å². The lowest BCUT2D eigenvalue weighted by molar-refractivity contribution is 0.101. The zero-order valence-corrected chi connectivity index (χ0v) is 15.3. The molecule has 0 saturated heterocycles. The number of benzene rings is 3. The summed E-state index contributed by atoms with van der Waals surface area (Å²) >= 11 is 6.17. The molecule has 0 aliphatic rings. The van der Waals surface area contributed by atoms with E-state index in [0.717, 1.165) is 0 Å². The van der Waals surface area contributed by atoms with E-state index < -0.39 is 0 Å². The molecule has 3 rings (SSSR count). The van der Waals surface area contributed by atoms with Gasteiger partial charge in [0.25, 0.3) is 11.8 Å². The van der Waals surface area contributed by atoms with Crippen LogP contribution in [0.4, 0.5) is 11.4 Å². The van der Waals surface area contributed by atoms with Crippen molar-refractivity contribution >= 4 is 34.8 Å². The summed E-state index contributed by atoms with van der Waals surface area (Å²) in [7, 11) is 1.56. The zero-order valence-electron chi connectivity index (χ0n) is 14.5. The minimum absolute atomic E-state index is 0.277. The van der Waals surface area contributed by atoms with Gasteiger partial charge >= 0.3 is 0 Å². The summed E-state index contributed by atoms with van der Waals surface area (Å²) in [6, 6.07) is 20.5. The van der Waals surface area contributed by atoms with Gasteiger partial charge in [-0.3, -0.25) is 9.59 Å². The third-order valence-corrected chi connectivity index (χ3v) is 4.19.